The van der Waals surface area contributed by atoms with E-state index in [2.05, 4.69) is 10.1 Å². The zero-order valence-corrected chi connectivity index (χ0v) is 16.9. The summed E-state index contributed by atoms with van der Waals surface area (Å²) in [7, 11) is 1.31. The maximum atomic E-state index is 14.9. The number of hydrogen-bond donors (Lipinski definition) is 1. The van der Waals surface area contributed by atoms with Crippen LogP contribution in [0.2, 0.25) is 0 Å². The number of halogens is 1. The van der Waals surface area contributed by atoms with Crippen LogP contribution in [0.1, 0.15) is 6.92 Å². The van der Waals surface area contributed by atoms with E-state index >= 15 is 0 Å². The molecule has 2 fully saturated rings. The predicted octanol–water partition coefficient (Wildman–Crippen LogP) is 0.514. The summed E-state index contributed by atoms with van der Waals surface area (Å²) in [6.45, 7) is 3.40. The highest BCUT2D eigenvalue weighted by Gasteiger charge is 2.33. The Bertz CT molecular complexity index is 807. The Balaban J connectivity index is 1.63. The van der Waals surface area contributed by atoms with Crippen molar-refractivity contribution < 1.29 is 33.1 Å². The Morgan fingerprint density at radius 3 is 2.80 bits per heavy atom. The highest BCUT2D eigenvalue weighted by Crippen LogP contribution is 2.28. The fraction of sp³-hybridized carbons (Fsp3) is 0.526. The lowest BCUT2D eigenvalue weighted by Crippen LogP contribution is -2.34. The molecule has 30 heavy (non-hydrogen) atoms. The molecule has 2 aliphatic rings. The van der Waals surface area contributed by atoms with Gasteiger partial charge in [-0.25, -0.2) is 9.18 Å². The summed E-state index contributed by atoms with van der Waals surface area (Å²) >= 11 is 0. The molecule has 2 saturated heterocycles. The molecule has 1 atom stereocenters. The second-order valence-electron chi connectivity index (χ2n) is 6.95. The molecule has 10 nitrogen and oxygen atoms in total. The zero-order chi connectivity index (χ0) is 21.7. The molecule has 0 saturated carbocycles. The van der Waals surface area contributed by atoms with Gasteiger partial charge in [-0.2, -0.15) is 5.06 Å². The van der Waals surface area contributed by atoms with Gasteiger partial charge in [0, 0.05) is 26.6 Å². The van der Waals surface area contributed by atoms with E-state index < -0.39 is 24.0 Å². The van der Waals surface area contributed by atoms with Crippen LogP contribution in [0.5, 0.6) is 0 Å². The monoisotopic (exact) mass is 424 g/mol. The summed E-state index contributed by atoms with van der Waals surface area (Å²) in [5, 5.41) is 4.09. The molecule has 2 amide bonds. The highest BCUT2D eigenvalue weighted by atomic mass is 19.1. The van der Waals surface area contributed by atoms with Gasteiger partial charge in [0.2, 0.25) is 5.91 Å². The highest BCUT2D eigenvalue weighted by molar-refractivity contribution is 5.90. The van der Waals surface area contributed by atoms with E-state index in [-0.39, 0.29) is 25.5 Å². The fourth-order valence-electron chi connectivity index (χ4n) is 3.28. The third kappa shape index (κ3) is 5.36. The van der Waals surface area contributed by atoms with Gasteiger partial charge in [-0.1, -0.05) is 0 Å². The number of benzene rings is 1. The largest absolute Gasteiger partial charge is 0.468 e. The number of hydroxylamine groups is 2. The van der Waals surface area contributed by atoms with Crippen molar-refractivity contribution in [1.29, 1.82) is 0 Å². The number of nitrogens with zero attached hydrogens (tertiary/aromatic N) is 3. The molecule has 0 aromatic heterocycles. The summed E-state index contributed by atoms with van der Waals surface area (Å²) in [5.74, 6) is -1.10. The van der Waals surface area contributed by atoms with Gasteiger partial charge in [-0.15, -0.1) is 0 Å². The molecule has 0 bridgehead atoms. The molecule has 0 spiro atoms. The summed E-state index contributed by atoms with van der Waals surface area (Å²) in [5.41, 5.74) is 0.759. The number of carbonyl (C=O) groups is 3. The van der Waals surface area contributed by atoms with Gasteiger partial charge in [-0.05, 0) is 18.2 Å². The van der Waals surface area contributed by atoms with Crippen LogP contribution < -0.4 is 15.1 Å². The number of nitrogens with one attached hydrogen (secondary N) is 1. The third-order valence-corrected chi connectivity index (χ3v) is 4.82. The minimum atomic E-state index is -0.584. The SMILES string of the molecule is COC(=O)CN1CCN(c2ccc(N3C[C@H](CNC(C)=O)OC3=O)cc2F)CCO1. The van der Waals surface area contributed by atoms with Crippen molar-refractivity contribution >= 4 is 29.3 Å². The first-order chi connectivity index (χ1) is 14.4. The molecule has 11 heteroatoms. The molecule has 1 aromatic carbocycles. The van der Waals surface area contributed by atoms with E-state index in [0.717, 1.165) is 0 Å². The molecule has 3 rings (SSSR count). The van der Waals surface area contributed by atoms with Crippen LogP contribution in [-0.2, 0) is 23.9 Å². The molecule has 1 N–H and O–H groups in total. The Labute approximate surface area is 173 Å². The van der Waals surface area contributed by atoms with Gasteiger partial charge in [-0.3, -0.25) is 19.3 Å². The number of methoxy groups -OCH3 is 1. The van der Waals surface area contributed by atoms with E-state index in [1.807, 2.05) is 4.90 Å². The van der Waals surface area contributed by atoms with Crippen LogP contribution in [-0.4, -0.2) is 82.1 Å². The lowest BCUT2D eigenvalue weighted by Gasteiger charge is -2.23. The first-order valence-corrected chi connectivity index (χ1v) is 9.59. The quantitative estimate of drug-likeness (QED) is 0.660. The summed E-state index contributed by atoms with van der Waals surface area (Å²) < 4.78 is 24.7. The molecule has 1 aromatic rings. The van der Waals surface area contributed by atoms with E-state index in [9.17, 15) is 18.8 Å². The first kappa shape index (κ1) is 21.8. The minimum absolute atomic E-state index is 0.00246. The number of anilines is 2. The topological polar surface area (TPSA) is 101 Å². The molecule has 2 heterocycles. The van der Waals surface area contributed by atoms with Gasteiger partial charge in [0.1, 0.15) is 18.5 Å². The van der Waals surface area contributed by atoms with Crippen molar-refractivity contribution in [2.24, 2.45) is 0 Å². The fourth-order valence-corrected chi connectivity index (χ4v) is 3.28. The van der Waals surface area contributed by atoms with Crippen molar-refractivity contribution in [3.63, 3.8) is 0 Å². The van der Waals surface area contributed by atoms with Crippen LogP contribution in [0.25, 0.3) is 0 Å². The molecule has 164 valence electrons. The lowest BCUT2D eigenvalue weighted by molar-refractivity contribution is -0.172. The van der Waals surface area contributed by atoms with Gasteiger partial charge >= 0.3 is 12.1 Å². The number of amides is 2. The Morgan fingerprint density at radius 1 is 1.30 bits per heavy atom. The summed E-state index contributed by atoms with van der Waals surface area (Å²) in [4.78, 5) is 43.2. The molecule has 0 radical (unpaired) electrons. The molecular formula is C19H25FN4O6. The smallest absolute Gasteiger partial charge is 0.414 e. The zero-order valence-electron chi connectivity index (χ0n) is 16.9. The first-order valence-electron chi connectivity index (χ1n) is 9.59. The van der Waals surface area contributed by atoms with Crippen LogP contribution in [0.4, 0.5) is 20.6 Å². The van der Waals surface area contributed by atoms with Crippen LogP contribution in [0.15, 0.2) is 18.2 Å². The Morgan fingerprint density at radius 2 is 2.10 bits per heavy atom. The maximum absolute atomic E-state index is 14.9. The Kier molecular flexibility index (Phi) is 7.06. The van der Waals surface area contributed by atoms with Crippen molar-refractivity contribution in [3.05, 3.63) is 24.0 Å². The van der Waals surface area contributed by atoms with Crippen molar-refractivity contribution in [1.82, 2.24) is 10.4 Å². The number of rotatable bonds is 6. The second kappa shape index (κ2) is 9.72. The molecule has 0 unspecified atom stereocenters. The maximum Gasteiger partial charge on any atom is 0.414 e. The third-order valence-electron chi connectivity index (χ3n) is 4.82. The van der Waals surface area contributed by atoms with Crippen LogP contribution in [0, 0.1) is 5.82 Å². The minimum Gasteiger partial charge on any atom is -0.468 e. The van der Waals surface area contributed by atoms with Crippen LogP contribution >= 0.6 is 0 Å². The number of esters is 1. The van der Waals surface area contributed by atoms with Crippen molar-refractivity contribution in [2.75, 3.05) is 62.8 Å². The average molecular weight is 424 g/mol. The standard InChI is InChI=1S/C19H25FN4O6/c1-13(25)21-10-15-11-24(19(27)30-15)14-3-4-17(16(20)9-14)22-5-6-23(29-8-7-22)12-18(26)28-2/h3-4,9,15H,5-8,10-12H2,1-2H3,(H,21,25)/t15-/m0/s1. The molecule has 2 aliphatic heterocycles. The Hall–Kier alpha value is -2.92. The van der Waals surface area contributed by atoms with Crippen molar-refractivity contribution in [3.8, 4) is 0 Å². The van der Waals surface area contributed by atoms with Gasteiger partial charge < -0.3 is 19.7 Å². The number of hydrogen-bond acceptors (Lipinski definition) is 8. The number of cyclic esters (lactones) is 1. The number of ether oxygens (including phenoxy) is 2. The molecule has 0 aliphatic carbocycles. The van der Waals surface area contributed by atoms with E-state index in [0.29, 0.717) is 37.6 Å². The summed E-state index contributed by atoms with van der Waals surface area (Å²) in [6.07, 6.45) is -1.08. The van der Waals surface area contributed by atoms with E-state index in [1.165, 1.54) is 30.1 Å². The number of carbonyl (C=O) groups excluding carboxylic acids is 3. The van der Waals surface area contributed by atoms with Gasteiger partial charge in [0.15, 0.2) is 0 Å². The van der Waals surface area contributed by atoms with E-state index in [4.69, 9.17) is 9.57 Å². The lowest BCUT2D eigenvalue weighted by atomic mass is 10.2. The average Bonchev–Trinajstić information content (AvgIpc) is 2.93. The summed E-state index contributed by atoms with van der Waals surface area (Å²) in [6, 6.07) is 4.54. The van der Waals surface area contributed by atoms with Crippen LogP contribution in [0.3, 0.4) is 0 Å². The van der Waals surface area contributed by atoms with Gasteiger partial charge in [0.05, 0.1) is 38.2 Å². The predicted molar refractivity (Wildman–Crippen MR) is 104 cm³/mol. The van der Waals surface area contributed by atoms with Crippen molar-refractivity contribution in [2.45, 2.75) is 13.0 Å². The second-order valence-corrected chi connectivity index (χ2v) is 6.95. The normalized spacial score (nSPS) is 20.0. The molecular weight excluding hydrogens is 399 g/mol. The van der Waals surface area contributed by atoms with E-state index in [1.54, 1.807) is 12.1 Å². The van der Waals surface area contributed by atoms with Gasteiger partial charge in [0.25, 0.3) is 0 Å².